The second-order valence-electron chi connectivity index (χ2n) is 9.05. The monoisotopic (exact) mass is 436 g/mol. The molecule has 0 aliphatic carbocycles. The van der Waals surface area contributed by atoms with Crippen molar-refractivity contribution in [3.05, 3.63) is 66.1 Å². The third-order valence-electron chi connectivity index (χ3n) is 5.13. The van der Waals surface area contributed by atoms with E-state index in [0.29, 0.717) is 18.5 Å². The molecular weight excluding hydrogens is 404 g/mol. The highest BCUT2D eigenvalue weighted by atomic mass is 16.6. The largest absolute Gasteiger partial charge is 0.460 e. The van der Waals surface area contributed by atoms with Gasteiger partial charge in [-0.1, -0.05) is 30.3 Å². The third kappa shape index (κ3) is 6.33. The van der Waals surface area contributed by atoms with Gasteiger partial charge in [0.2, 0.25) is 0 Å². The van der Waals surface area contributed by atoms with Crippen molar-refractivity contribution < 1.29 is 14.3 Å². The molecule has 32 heavy (non-hydrogen) atoms. The van der Waals surface area contributed by atoms with E-state index in [1.165, 1.54) is 0 Å². The zero-order chi connectivity index (χ0) is 23.3. The highest BCUT2D eigenvalue weighted by Gasteiger charge is 2.21. The van der Waals surface area contributed by atoms with Crippen molar-refractivity contribution >= 4 is 11.9 Å². The first-order chi connectivity index (χ1) is 15.1. The molecular formula is C25H32N4O3. The third-order valence-corrected chi connectivity index (χ3v) is 5.13. The molecule has 2 heterocycles. The van der Waals surface area contributed by atoms with Crippen molar-refractivity contribution in [2.45, 2.75) is 51.7 Å². The molecule has 1 atom stereocenters. The number of benzene rings is 1. The van der Waals surface area contributed by atoms with E-state index in [2.05, 4.69) is 10.4 Å². The first kappa shape index (κ1) is 23.3. The van der Waals surface area contributed by atoms with Gasteiger partial charge in [-0.05, 0) is 51.3 Å². The lowest BCUT2D eigenvalue weighted by atomic mass is 10.0. The number of ether oxygens (including phenoxy) is 1. The lowest BCUT2D eigenvalue weighted by Crippen LogP contribution is -2.38. The van der Waals surface area contributed by atoms with E-state index in [0.717, 1.165) is 16.8 Å². The van der Waals surface area contributed by atoms with Crippen molar-refractivity contribution in [1.29, 1.82) is 0 Å². The SMILES string of the molecule is Cn1cc(-c2ccnn2C)cc1C(=O)NC(CCC(=O)OC(C)(C)C)Cc1ccccc1. The average Bonchev–Trinajstić information content (AvgIpc) is 3.31. The molecule has 0 aliphatic heterocycles. The van der Waals surface area contributed by atoms with Crippen LogP contribution in [-0.4, -0.2) is 37.9 Å². The Bertz CT molecular complexity index is 1060. The van der Waals surface area contributed by atoms with Crippen LogP contribution in [0.1, 0.15) is 49.7 Å². The molecule has 0 saturated heterocycles. The van der Waals surface area contributed by atoms with E-state index in [9.17, 15) is 9.59 Å². The number of carbonyl (C=O) groups excluding carboxylic acids is 2. The molecule has 1 N–H and O–H groups in total. The van der Waals surface area contributed by atoms with Gasteiger partial charge in [0.1, 0.15) is 11.3 Å². The number of hydrogen-bond acceptors (Lipinski definition) is 4. The van der Waals surface area contributed by atoms with E-state index < -0.39 is 5.60 Å². The number of aryl methyl sites for hydroxylation is 2. The zero-order valence-corrected chi connectivity index (χ0v) is 19.5. The number of carbonyl (C=O) groups is 2. The van der Waals surface area contributed by atoms with E-state index in [-0.39, 0.29) is 24.3 Å². The van der Waals surface area contributed by atoms with Crippen LogP contribution in [0.3, 0.4) is 0 Å². The van der Waals surface area contributed by atoms with E-state index in [4.69, 9.17) is 4.74 Å². The summed E-state index contributed by atoms with van der Waals surface area (Å²) in [5.74, 6) is -0.437. The molecule has 1 aromatic carbocycles. The molecule has 3 rings (SSSR count). The second-order valence-corrected chi connectivity index (χ2v) is 9.05. The van der Waals surface area contributed by atoms with E-state index in [1.807, 2.05) is 88.1 Å². The van der Waals surface area contributed by atoms with E-state index >= 15 is 0 Å². The van der Waals surface area contributed by atoms with Crippen LogP contribution in [0.5, 0.6) is 0 Å². The maximum absolute atomic E-state index is 13.1. The number of hydrogen-bond donors (Lipinski definition) is 1. The van der Waals surface area contributed by atoms with Crippen LogP contribution in [0.25, 0.3) is 11.3 Å². The molecule has 0 bridgehead atoms. The molecule has 3 aromatic rings. The lowest BCUT2D eigenvalue weighted by molar-refractivity contribution is -0.155. The smallest absolute Gasteiger partial charge is 0.306 e. The summed E-state index contributed by atoms with van der Waals surface area (Å²) in [6.07, 6.45) is 5.01. The van der Waals surface area contributed by atoms with Crippen molar-refractivity contribution in [2.24, 2.45) is 14.1 Å². The molecule has 170 valence electrons. The molecule has 2 aromatic heterocycles. The zero-order valence-electron chi connectivity index (χ0n) is 19.5. The van der Waals surface area contributed by atoms with Gasteiger partial charge in [0.25, 0.3) is 5.91 Å². The summed E-state index contributed by atoms with van der Waals surface area (Å²) in [7, 11) is 3.72. The van der Waals surface area contributed by atoms with Crippen LogP contribution in [0, 0.1) is 0 Å². The van der Waals surface area contributed by atoms with Crippen LogP contribution >= 0.6 is 0 Å². The highest BCUT2D eigenvalue weighted by Crippen LogP contribution is 2.21. The van der Waals surface area contributed by atoms with Crippen molar-refractivity contribution in [1.82, 2.24) is 19.7 Å². The minimum atomic E-state index is -0.527. The van der Waals surface area contributed by atoms with Gasteiger partial charge in [0.05, 0.1) is 5.69 Å². The minimum absolute atomic E-state index is 0.175. The highest BCUT2D eigenvalue weighted by molar-refractivity contribution is 5.94. The maximum atomic E-state index is 13.1. The standard InChI is InChI=1S/C25H32N4O3/c1-25(2,3)32-23(30)12-11-20(15-18-9-7-6-8-10-18)27-24(31)22-16-19(17-28(22)4)21-13-14-26-29(21)5/h6-10,13-14,16-17,20H,11-12,15H2,1-5H3,(H,27,31). The number of esters is 1. The van der Waals surface area contributed by atoms with Gasteiger partial charge in [-0.2, -0.15) is 5.10 Å². The molecule has 0 spiro atoms. The molecule has 0 radical (unpaired) electrons. The molecule has 0 aliphatic rings. The second kappa shape index (κ2) is 9.85. The molecule has 1 unspecified atom stereocenters. The summed E-state index contributed by atoms with van der Waals surface area (Å²) in [5.41, 5.74) is 2.98. The van der Waals surface area contributed by atoms with Crippen LogP contribution in [0.2, 0.25) is 0 Å². The van der Waals surface area contributed by atoms with Crippen molar-refractivity contribution in [3.8, 4) is 11.3 Å². The predicted octanol–water partition coefficient (Wildman–Crippen LogP) is 3.89. The number of nitrogens with zero attached hydrogens (tertiary/aromatic N) is 3. The summed E-state index contributed by atoms with van der Waals surface area (Å²) in [6, 6.07) is 13.5. The van der Waals surface area contributed by atoms with Gasteiger partial charge in [0, 0.05) is 44.5 Å². The first-order valence-corrected chi connectivity index (χ1v) is 10.8. The molecule has 7 nitrogen and oxygen atoms in total. The Labute approximate surface area is 189 Å². The Hall–Kier alpha value is -3.35. The van der Waals surface area contributed by atoms with Crippen LogP contribution in [0.4, 0.5) is 0 Å². The summed E-state index contributed by atoms with van der Waals surface area (Å²) in [5, 5.41) is 7.33. The molecule has 1 amide bonds. The van der Waals surface area contributed by atoms with Gasteiger partial charge in [0.15, 0.2) is 0 Å². The summed E-state index contributed by atoms with van der Waals surface area (Å²) in [6.45, 7) is 5.55. The fraction of sp³-hybridized carbons (Fsp3) is 0.400. The van der Waals surface area contributed by atoms with Gasteiger partial charge in [-0.25, -0.2) is 0 Å². The van der Waals surface area contributed by atoms with Crippen LogP contribution < -0.4 is 5.32 Å². The van der Waals surface area contributed by atoms with Gasteiger partial charge < -0.3 is 14.6 Å². The Morgan fingerprint density at radius 2 is 1.84 bits per heavy atom. The number of rotatable bonds is 8. The number of nitrogens with one attached hydrogen (secondary N) is 1. The minimum Gasteiger partial charge on any atom is -0.460 e. The molecule has 0 fully saturated rings. The maximum Gasteiger partial charge on any atom is 0.306 e. The Balaban J connectivity index is 1.73. The Morgan fingerprint density at radius 3 is 2.47 bits per heavy atom. The van der Waals surface area contributed by atoms with Crippen molar-refractivity contribution in [2.75, 3.05) is 0 Å². The van der Waals surface area contributed by atoms with E-state index in [1.54, 1.807) is 10.9 Å². The topological polar surface area (TPSA) is 78.2 Å². The first-order valence-electron chi connectivity index (χ1n) is 10.8. The van der Waals surface area contributed by atoms with Crippen molar-refractivity contribution in [3.63, 3.8) is 0 Å². The fourth-order valence-corrected chi connectivity index (χ4v) is 3.66. The summed E-state index contributed by atoms with van der Waals surface area (Å²) < 4.78 is 9.02. The molecule has 0 saturated carbocycles. The summed E-state index contributed by atoms with van der Waals surface area (Å²) >= 11 is 0. The van der Waals surface area contributed by atoms with Gasteiger partial charge in [-0.15, -0.1) is 0 Å². The normalized spacial score (nSPS) is 12.4. The summed E-state index contributed by atoms with van der Waals surface area (Å²) in [4.78, 5) is 25.4. The van der Waals surface area contributed by atoms with Crippen LogP contribution in [0.15, 0.2) is 54.9 Å². The van der Waals surface area contributed by atoms with Gasteiger partial charge >= 0.3 is 5.97 Å². The van der Waals surface area contributed by atoms with Gasteiger partial charge in [-0.3, -0.25) is 14.3 Å². The number of aromatic nitrogens is 3. The quantitative estimate of drug-likeness (QED) is 0.544. The average molecular weight is 437 g/mol. The molecule has 7 heteroatoms. The fourth-order valence-electron chi connectivity index (χ4n) is 3.66. The Morgan fingerprint density at radius 1 is 1.12 bits per heavy atom. The number of amides is 1. The van der Waals surface area contributed by atoms with Crippen LogP contribution in [-0.2, 0) is 30.0 Å². The Kier molecular flexibility index (Phi) is 7.18. The lowest BCUT2D eigenvalue weighted by Gasteiger charge is -2.22. The predicted molar refractivity (Wildman–Crippen MR) is 124 cm³/mol.